The molecular formula is C15H15NO6S. The van der Waals surface area contributed by atoms with Crippen molar-refractivity contribution < 1.29 is 29.0 Å². The van der Waals surface area contributed by atoms with E-state index in [4.69, 9.17) is 14.6 Å². The van der Waals surface area contributed by atoms with Gasteiger partial charge in [-0.1, -0.05) is 6.07 Å². The predicted octanol–water partition coefficient (Wildman–Crippen LogP) is 2.26. The average molecular weight is 337 g/mol. The monoisotopic (exact) mass is 337 g/mol. The van der Waals surface area contributed by atoms with Crippen molar-refractivity contribution in [2.45, 2.75) is 13.3 Å². The van der Waals surface area contributed by atoms with Crippen LogP contribution in [0.15, 0.2) is 23.1 Å². The summed E-state index contributed by atoms with van der Waals surface area (Å²) in [7, 11) is 0. The normalized spacial score (nSPS) is 15.6. The molecule has 0 unspecified atom stereocenters. The molecule has 1 saturated heterocycles. The fourth-order valence-electron chi connectivity index (χ4n) is 1.82. The van der Waals surface area contributed by atoms with Crippen molar-refractivity contribution in [1.29, 1.82) is 0 Å². The van der Waals surface area contributed by atoms with Crippen molar-refractivity contribution in [3.63, 3.8) is 0 Å². The predicted molar refractivity (Wildman–Crippen MR) is 84.5 cm³/mol. The van der Waals surface area contributed by atoms with Crippen molar-refractivity contribution in [2.75, 3.05) is 13.2 Å². The van der Waals surface area contributed by atoms with E-state index in [9.17, 15) is 14.4 Å². The van der Waals surface area contributed by atoms with Crippen molar-refractivity contribution in [3.8, 4) is 11.5 Å². The summed E-state index contributed by atoms with van der Waals surface area (Å²) in [6.45, 7) is 2.25. The number of amides is 2. The fourth-order valence-corrected chi connectivity index (χ4v) is 2.50. The molecule has 0 atom stereocenters. The Morgan fingerprint density at radius 1 is 1.30 bits per heavy atom. The van der Waals surface area contributed by atoms with Gasteiger partial charge in [0.15, 0.2) is 11.5 Å². The molecule has 1 fully saturated rings. The van der Waals surface area contributed by atoms with Crippen LogP contribution in [-0.2, 0) is 9.59 Å². The minimum absolute atomic E-state index is 0.0304. The molecule has 2 N–H and O–H groups in total. The zero-order valence-corrected chi connectivity index (χ0v) is 13.1. The Morgan fingerprint density at radius 2 is 2.09 bits per heavy atom. The van der Waals surface area contributed by atoms with Gasteiger partial charge >= 0.3 is 5.97 Å². The zero-order valence-electron chi connectivity index (χ0n) is 12.3. The summed E-state index contributed by atoms with van der Waals surface area (Å²) >= 11 is 0.833. The quantitative estimate of drug-likeness (QED) is 0.736. The van der Waals surface area contributed by atoms with E-state index in [1.165, 1.54) is 0 Å². The van der Waals surface area contributed by atoms with E-state index in [-0.39, 0.29) is 13.0 Å². The molecular weight excluding hydrogens is 322 g/mol. The van der Waals surface area contributed by atoms with E-state index in [0.29, 0.717) is 28.6 Å². The smallest absolute Gasteiger partial charge is 0.306 e. The SMILES string of the molecule is CCOc1cc(/C=C2/SC(=O)NC2=O)ccc1OCCC(=O)O. The summed E-state index contributed by atoms with van der Waals surface area (Å²) in [5, 5.41) is 10.4. The lowest BCUT2D eigenvalue weighted by atomic mass is 10.2. The number of hydrogen-bond donors (Lipinski definition) is 2. The van der Waals surface area contributed by atoms with Crippen LogP contribution in [0.3, 0.4) is 0 Å². The summed E-state index contributed by atoms with van der Waals surface area (Å²) in [4.78, 5) is 33.5. The summed E-state index contributed by atoms with van der Waals surface area (Å²) in [6.07, 6.45) is 1.46. The van der Waals surface area contributed by atoms with Gasteiger partial charge in [-0.25, -0.2) is 0 Å². The first-order valence-corrected chi connectivity index (χ1v) is 7.67. The Balaban J connectivity index is 2.18. The maximum absolute atomic E-state index is 11.5. The molecule has 0 bridgehead atoms. The van der Waals surface area contributed by atoms with Crippen molar-refractivity contribution in [2.24, 2.45) is 0 Å². The summed E-state index contributed by atoms with van der Waals surface area (Å²) < 4.78 is 10.9. The molecule has 122 valence electrons. The van der Waals surface area contributed by atoms with Crippen LogP contribution in [0.25, 0.3) is 6.08 Å². The van der Waals surface area contributed by atoms with E-state index in [1.54, 1.807) is 24.3 Å². The van der Waals surface area contributed by atoms with Gasteiger partial charge in [-0.05, 0) is 42.5 Å². The minimum Gasteiger partial charge on any atom is -0.490 e. The lowest BCUT2D eigenvalue weighted by molar-refractivity contribution is -0.137. The Hall–Kier alpha value is -2.48. The Bertz CT molecular complexity index is 670. The topological polar surface area (TPSA) is 102 Å². The van der Waals surface area contributed by atoms with Gasteiger partial charge in [0.2, 0.25) is 0 Å². The second kappa shape index (κ2) is 7.68. The van der Waals surface area contributed by atoms with Crippen LogP contribution in [0.2, 0.25) is 0 Å². The lowest BCUT2D eigenvalue weighted by Gasteiger charge is -2.12. The lowest BCUT2D eigenvalue weighted by Crippen LogP contribution is -2.17. The summed E-state index contributed by atoms with van der Waals surface area (Å²) in [6, 6.07) is 5.00. The van der Waals surface area contributed by atoms with E-state index in [0.717, 1.165) is 11.8 Å². The fraction of sp³-hybridized carbons (Fsp3) is 0.267. The molecule has 2 amide bonds. The van der Waals surface area contributed by atoms with Gasteiger partial charge in [-0.3, -0.25) is 19.7 Å². The number of hydrogen-bond acceptors (Lipinski definition) is 6. The number of rotatable bonds is 7. The molecule has 1 heterocycles. The number of aliphatic carboxylic acids is 1. The van der Waals surface area contributed by atoms with Crippen LogP contribution in [-0.4, -0.2) is 35.4 Å². The highest BCUT2D eigenvalue weighted by molar-refractivity contribution is 8.18. The van der Waals surface area contributed by atoms with E-state index < -0.39 is 17.1 Å². The number of benzene rings is 1. The first-order chi connectivity index (χ1) is 11.0. The second-order valence-corrected chi connectivity index (χ2v) is 5.50. The van der Waals surface area contributed by atoms with Crippen LogP contribution in [0.1, 0.15) is 18.9 Å². The van der Waals surface area contributed by atoms with Gasteiger partial charge < -0.3 is 14.6 Å². The third-order valence-electron chi connectivity index (χ3n) is 2.78. The van der Waals surface area contributed by atoms with Crippen LogP contribution in [0.4, 0.5) is 4.79 Å². The highest BCUT2D eigenvalue weighted by atomic mass is 32.2. The highest BCUT2D eigenvalue weighted by Gasteiger charge is 2.25. The number of carbonyl (C=O) groups is 3. The van der Waals surface area contributed by atoms with Gasteiger partial charge in [-0.2, -0.15) is 0 Å². The van der Waals surface area contributed by atoms with Crippen molar-refractivity contribution in [3.05, 3.63) is 28.7 Å². The maximum Gasteiger partial charge on any atom is 0.306 e. The molecule has 1 aromatic carbocycles. The molecule has 0 saturated carbocycles. The van der Waals surface area contributed by atoms with Crippen LogP contribution >= 0.6 is 11.8 Å². The molecule has 0 aromatic heterocycles. The summed E-state index contributed by atoms with van der Waals surface area (Å²) in [5.74, 6) is -0.505. The molecule has 0 aliphatic carbocycles. The Kier molecular flexibility index (Phi) is 5.64. The third-order valence-corrected chi connectivity index (χ3v) is 3.59. The molecule has 0 spiro atoms. The molecule has 8 heteroatoms. The number of carboxylic acid groups (broad SMARTS) is 1. The standard InChI is InChI=1S/C15H15NO6S/c1-2-21-11-7-9(8-12-14(19)16-15(20)23-12)3-4-10(11)22-6-5-13(17)18/h3-4,7-8H,2,5-6H2,1H3,(H,17,18)(H,16,19,20)/b12-8+. The third kappa shape index (κ3) is 4.75. The largest absolute Gasteiger partial charge is 0.490 e. The van der Waals surface area contributed by atoms with Crippen molar-refractivity contribution in [1.82, 2.24) is 5.32 Å². The number of nitrogens with one attached hydrogen (secondary N) is 1. The van der Waals surface area contributed by atoms with Crippen molar-refractivity contribution >= 4 is 35.0 Å². The van der Waals surface area contributed by atoms with Crippen LogP contribution in [0.5, 0.6) is 11.5 Å². The maximum atomic E-state index is 11.5. The number of carboxylic acids is 1. The molecule has 1 aromatic rings. The summed E-state index contributed by atoms with van der Waals surface area (Å²) in [5.41, 5.74) is 0.673. The van der Waals surface area contributed by atoms with E-state index >= 15 is 0 Å². The zero-order chi connectivity index (χ0) is 16.8. The van der Waals surface area contributed by atoms with Gasteiger partial charge in [0.1, 0.15) is 0 Å². The first kappa shape index (κ1) is 16.9. The molecule has 1 aliphatic rings. The van der Waals surface area contributed by atoms with Gasteiger partial charge in [0.25, 0.3) is 11.1 Å². The number of ether oxygens (including phenoxy) is 2. The second-order valence-electron chi connectivity index (χ2n) is 4.48. The Morgan fingerprint density at radius 3 is 2.70 bits per heavy atom. The average Bonchev–Trinajstić information content (AvgIpc) is 2.79. The molecule has 1 aliphatic heterocycles. The molecule has 7 nitrogen and oxygen atoms in total. The molecule has 2 rings (SSSR count). The van der Waals surface area contributed by atoms with E-state index in [2.05, 4.69) is 5.32 Å². The van der Waals surface area contributed by atoms with Gasteiger partial charge in [0, 0.05) is 0 Å². The first-order valence-electron chi connectivity index (χ1n) is 6.86. The van der Waals surface area contributed by atoms with Gasteiger partial charge in [0.05, 0.1) is 24.5 Å². The minimum atomic E-state index is -0.946. The Labute approximate surface area is 136 Å². The van der Waals surface area contributed by atoms with Gasteiger partial charge in [-0.15, -0.1) is 0 Å². The number of imide groups is 1. The molecule has 0 radical (unpaired) electrons. The van der Waals surface area contributed by atoms with Crippen LogP contribution < -0.4 is 14.8 Å². The molecule has 23 heavy (non-hydrogen) atoms. The number of carbonyl (C=O) groups excluding carboxylic acids is 2. The van der Waals surface area contributed by atoms with E-state index in [1.807, 2.05) is 6.92 Å². The van der Waals surface area contributed by atoms with Crippen LogP contribution in [0, 0.1) is 0 Å². The number of thioether (sulfide) groups is 1. The highest BCUT2D eigenvalue weighted by Crippen LogP contribution is 2.31.